The molecule has 3 amide bonds. The van der Waals surface area contributed by atoms with Gasteiger partial charge in [-0.2, -0.15) is 0 Å². The highest BCUT2D eigenvalue weighted by Crippen LogP contribution is 2.13. The molecule has 1 aromatic rings. The molecule has 6 nitrogen and oxygen atoms in total. The summed E-state index contributed by atoms with van der Waals surface area (Å²) in [5.41, 5.74) is 1.31. The molecular weight excluding hydrogens is 318 g/mol. The van der Waals surface area contributed by atoms with Crippen LogP contribution in [0.4, 0.5) is 10.5 Å². The number of benzene rings is 1. The van der Waals surface area contributed by atoms with Gasteiger partial charge in [0.25, 0.3) is 5.91 Å². The van der Waals surface area contributed by atoms with E-state index in [-0.39, 0.29) is 18.0 Å². The first kappa shape index (κ1) is 19.2. The molecule has 25 heavy (non-hydrogen) atoms. The van der Waals surface area contributed by atoms with Gasteiger partial charge in [0.1, 0.15) is 0 Å². The second-order valence-corrected chi connectivity index (χ2v) is 6.34. The molecule has 0 spiro atoms. The quantitative estimate of drug-likeness (QED) is 0.758. The van der Waals surface area contributed by atoms with Gasteiger partial charge in [-0.05, 0) is 49.9 Å². The van der Waals surface area contributed by atoms with Gasteiger partial charge < -0.3 is 20.3 Å². The van der Waals surface area contributed by atoms with Crippen LogP contribution < -0.4 is 10.6 Å². The van der Waals surface area contributed by atoms with Crippen molar-refractivity contribution in [3.8, 4) is 0 Å². The second-order valence-electron chi connectivity index (χ2n) is 6.34. The van der Waals surface area contributed by atoms with Crippen molar-refractivity contribution in [1.82, 2.24) is 10.2 Å². The number of amides is 3. The molecule has 1 aliphatic rings. The maximum Gasteiger partial charge on any atom is 0.319 e. The maximum atomic E-state index is 12.5. The van der Waals surface area contributed by atoms with Gasteiger partial charge in [0, 0.05) is 37.5 Å². The smallest absolute Gasteiger partial charge is 0.319 e. The molecule has 1 aromatic carbocycles. The van der Waals surface area contributed by atoms with E-state index in [9.17, 15) is 9.59 Å². The minimum atomic E-state index is -0.256. The Kier molecular flexibility index (Phi) is 7.73. The van der Waals surface area contributed by atoms with Crippen LogP contribution >= 0.6 is 0 Å². The zero-order valence-electron chi connectivity index (χ0n) is 15.2. The Morgan fingerprint density at radius 1 is 1.16 bits per heavy atom. The van der Waals surface area contributed by atoms with Crippen LogP contribution in [0.2, 0.25) is 0 Å². The van der Waals surface area contributed by atoms with Crippen LogP contribution in [0.5, 0.6) is 0 Å². The van der Waals surface area contributed by atoms with E-state index in [2.05, 4.69) is 24.5 Å². The fourth-order valence-corrected chi connectivity index (χ4v) is 2.92. The summed E-state index contributed by atoms with van der Waals surface area (Å²) in [7, 11) is 0. The van der Waals surface area contributed by atoms with Crippen molar-refractivity contribution in [3.05, 3.63) is 29.8 Å². The van der Waals surface area contributed by atoms with Gasteiger partial charge in [0.2, 0.25) is 0 Å². The van der Waals surface area contributed by atoms with Gasteiger partial charge >= 0.3 is 6.03 Å². The number of carbonyl (C=O) groups is 2. The van der Waals surface area contributed by atoms with Gasteiger partial charge in [0.05, 0.1) is 6.10 Å². The van der Waals surface area contributed by atoms with Gasteiger partial charge in [-0.15, -0.1) is 0 Å². The average Bonchev–Trinajstić information content (AvgIpc) is 3.13. The summed E-state index contributed by atoms with van der Waals surface area (Å²) in [4.78, 5) is 26.3. The number of carbonyl (C=O) groups excluding carboxylic acids is 2. The van der Waals surface area contributed by atoms with E-state index < -0.39 is 0 Å². The first-order chi connectivity index (χ1) is 12.1. The van der Waals surface area contributed by atoms with E-state index in [0.717, 1.165) is 45.4 Å². The molecule has 0 aromatic heterocycles. The fraction of sp³-hybridized carbons (Fsp3) is 0.579. The number of anilines is 1. The third-order valence-corrected chi connectivity index (χ3v) is 4.18. The minimum Gasteiger partial charge on any atom is -0.376 e. The molecule has 0 bridgehead atoms. The highest BCUT2D eigenvalue weighted by atomic mass is 16.5. The Morgan fingerprint density at radius 3 is 2.40 bits per heavy atom. The van der Waals surface area contributed by atoms with Crippen LogP contribution in [0.15, 0.2) is 24.3 Å². The molecule has 0 saturated carbocycles. The molecule has 1 heterocycles. The molecule has 1 saturated heterocycles. The number of ether oxygens (including phenoxy) is 1. The lowest BCUT2D eigenvalue weighted by atomic mass is 10.1. The zero-order chi connectivity index (χ0) is 18.1. The lowest BCUT2D eigenvalue weighted by Crippen LogP contribution is -2.35. The van der Waals surface area contributed by atoms with Crippen LogP contribution in [-0.2, 0) is 4.74 Å². The average molecular weight is 347 g/mol. The summed E-state index contributed by atoms with van der Waals surface area (Å²) in [5, 5.41) is 5.59. The monoisotopic (exact) mass is 347 g/mol. The molecule has 0 radical (unpaired) electrons. The van der Waals surface area contributed by atoms with Crippen molar-refractivity contribution >= 4 is 17.6 Å². The predicted octanol–water partition coefficient (Wildman–Crippen LogP) is 3.25. The van der Waals surface area contributed by atoms with Crippen LogP contribution in [0.1, 0.15) is 49.9 Å². The summed E-state index contributed by atoms with van der Waals surface area (Å²) < 4.78 is 5.47. The number of hydrogen-bond acceptors (Lipinski definition) is 3. The maximum absolute atomic E-state index is 12.5. The van der Waals surface area contributed by atoms with Gasteiger partial charge in [-0.1, -0.05) is 13.8 Å². The predicted molar refractivity (Wildman–Crippen MR) is 98.9 cm³/mol. The highest BCUT2D eigenvalue weighted by Gasteiger charge is 2.16. The Morgan fingerprint density at radius 2 is 1.84 bits per heavy atom. The van der Waals surface area contributed by atoms with Crippen molar-refractivity contribution in [2.24, 2.45) is 0 Å². The first-order valence-corrected chi connectivity index (χ1v) is 9.19. The van der Waals surface area contributed by atoms with E-state index in [4.69, 9.17) is 4.74 Å². The van der Waals surface area contributed by atoms with Gasteiger partial charge in [-0.3, -0.25) is 4.79 Å². The molecule has 1 atom stereocenters. The van der Waals surface area contributed by atoms with Crippen molar-refractivity contribution in [2.45, 2.75) is 45.6 Å². The lowest BCUT2D eigenvalue weighted by Gasteiger charge is -2.21. The Hall–Kier alpha value is -2.08. The normalized spacial score (nSPS) is 16.5. The summed E-state index contributed by atoms with van der Waals surface area (Å²) in [6.07, 6.45) is 4.04. The molecule has 0 unspecified atom stereocenters. The summed E-state index contributed by atoms with van der Waals surface area (Å²) >= 11 is 0. The Bertz CT molecular complexity index is 548. The van der Waals surface area contributed by atoms with Crippen LogP contribution in [0, 0.1) is 0 Å². The molecule has 138 valence electrons. The summed E-state index contributed by atoms with van der Waals surface area (Å²) in [6.45, 7) is 6.95. The van der Waals surface area contributed by atoms with E-state index in [1.165, 1.54) is 0 Å². The third kappa shape index (κ3) is 6.05. The topological polar surface area (TPSA) is 70.7 Å². The van der Waals surface area contributed by atoms with Gasteiger partial charge in [-0.25, -0.2) is 4.79 Å². The van der Waals surface area contributed by atoms with Crippen molar-refractivity contribution in [1.29, 1.82) is 0 Å². The summed E-state index contributed by atoms with van der Waals surface area (Å²) in [5.74, 6) is 0.0399. The molecule has 1 aliphatic heterocycles. The fourth-order valence-electron chi connectivity index (χ4n) is 2.92. The number of nitrogens with zero attached hydrogens (tertiary/aromatic N) is 1. The Balaban J connectivity index is 1.85. The number of hydrogen-bond donors (Lipinski definition) is 2. The molecule has 0 aliphatic carbocycles. The zero-order valence-corrected chi connectivity index (χ0v) is 15.2. The Labute approximate surface area is 149 Å². The first-order valence-electron chi connectivity index (χ1n) is 9.19. The van der Waals surface area contributed by atoms with E-state index in [1.807, 2.05) is 4.90 Å². The number of rotatable bonds is 8. The van der Waals surface area contributed by atoms with E-state index in [0.29, 0.717) is 17.8 Å². The van der Waals surface area contributed by atoms with Crippen LogP contribution in [0.3, 0.4) is 0 Å². The van der Waals surface area contributed by atoms with Crippen molar-refractivity contribution < 1.29 is 14.3 Å². The minimum absolute atomic E-state index is 0.0399. The number of urea groups is 1. The second kappa shape index (κ2) is 10.0. The largest absolute Gasteiger partial charge is 0.376 e. The van der Waals surface area contributed by atoms with Crippen LogP contribution in [-0.4, -0.2) is 49.2 Å². The molecule has 2 rings (SSSR count). The molecule has 6 heteroatoms. The highest BCUT2D eigenvalue weighted by molar-refractivity contribution is 5.95. The van der Waals surface area contributed by atoms with Crippen LogP contribution in [0.25, 0.3) is 0 Å². The van der Waals surface area contributed by atoms with Gasteiger partial charge in [0.15, 0.2) is 0 Å². The molecule has 2 N–H and O–H groups in total. The van der Waals surface area contributed by atoms with E-state index in [1.54, 1.807) is 24.3 Å². The number of nitrogens with one attached hydrogen (secondary N) is 2. The molecule has 1 fully saturated rings. The van der Waals surface area contributed by atoms with E-state index >= 15 is 0 Å². The summed E-state index contributed by atoms with van der Waals surface area (Å²) in [6, 6.07) is 6.78. The third-order valence-electron chi connectivity index (χ3n) is 4.18. The lowest BCUT2D eigenvalue weighted by molar-refractivity contribution is 0.0755. The standard InChI is InChI=1S/C19H29N3O3/c1-3-11-22(12-4-2)18(23)15-7-9-16(10-8-15)21-19(24)20-14-17-6-5-13-25-17/h7-10,17H,3-6,11-14H2,1-2H3,(H2,20,21,24)/t17-/m1/s1. The van der Waals surface area contributed by atoms with Crippen molar-refractivity contribution in [3.63, 3.8) is 0 Å². The van der Waals surface area contributed by atoms with Crippen molar-refractivity contribution in [2.75, 3.05) is 31.6 Å². The SMILES string of the molecule is CCCN(CCC)C(=O)c1ccc(NC(=O)NC[C@H]2CCCO2)cc1. The molecular formula is C19H29N3O3.